The van der Waals surface area contributed by atoms with Gasteiger partial charge in [0.25, 0.3) is 0 Å². The molecule has 1 aliphatic rings. The van der Waals surface area contributed by atoms with Crippen LogP contribution in [0.15, 0.2) is 30.3 Å². The molecule has 0 unspecified atom stereocenters. The molecular formula is C16H23NO3. The highest BCUT2D eigenvalue weighted by Gasteiger charge is 2.40. The Morgan fingerprint density at radius 3 is 2.65 bits per heavy atom. The number of amides is 1. The van der Waals surface area contributed by atoms with E-state index in [0.717, 1.165) is 13.0 Å². The molecule has 0 saturated carbocycles. The first-order valence-corrected chi connectivity index (χ1v) is 7.07. The maximum Gasteiger partial charge on any atom is 0.410 e. The van der Waals surface area contributed by atoms with E-state index in [9.17, 15) is 4.79 Å². The highest BCUT2D eigenvalue weighted by Crippen LogP contribution is 2.24. The molecule has 0 radical (unpaired) electrons. The minimum Gasteiger partial charge on any atom is -0.444 e. The van der Waals surface area contributed by atoms with E-state index in [1.807, 2.05) is 51.1 Å². The zero-order chi connectivity index (χ0) is 14.6. The van der Waals surface area contributed by atoms with Crippen LogP contribution in [0.3, 0.4) is 0 Å². The van der Waals surface area contributed by atoms with Gasteiger partial charge >= 0.3 is 6.09 Å². The molecule has 0 spiro atoms. The van der Waals surface area contributed by atoms with Crippen LogP contribution < -0.4 is 0 Å². The molecule has 1 saturated heterocycles. The predicted octanol–water partition coefficient (Wildman–Crippen LogP) is 3.21. The fourth-order valence-electron chi connectivity index (χ4n) is 1.95. The van der Waals surface area contributed by atoms with Crippen LogP contribution in [0.1, 0.15) is 32.8 Å². The van der Waals surface area contributed by atoms with Crippen molar-refractivity contribution in [2.45, 2.75) is 45.4 Å². The lowest BCUT2D eigenvalue weighted by atomic mass is 10.2. The number of benzene rings is 1. The Balaban J connectivity index is 1.59. The monoisotopic (exact) mass is 277 g/mol. The minimum atomic E-state index is -0.423. The van der Waals surface area contributed by atoms with E-state index in [2.05, 4.69) is 0 Å². The third kappa shape index (κ3) is 4.85. The molecule has 20 heavy (non-hydrogen) atoms. The number of hydrogen-bond donors (Lipinski definition) is 0. The molecule has 1 amide bonds. The summed E-state index contributed by atoms with van der Waals surface area (Å²) >= 11 is 0. The average molecular weight is 277 g/mol. The zero-order valence-electron chi connectivity index (χ0n) is 12.5. The molecule has 0 aromatic heterocycles. The predicted molar refractivity (Wildman–Crippen MR) is 77.4 cm³/mol. The third-order valence-electron chi connectivity index (χ3n) is 3.05. The number of nitrogens with zero attached hydrogens (tertiary/aromatic N) is 1. The number of carbonyl (C=O) groups excluding carboxylic acids is 1. The van der Waals surface area contributed by atoms with Crippen LogP contribution in [-0.2, 0) is 16.1 Å². The molecule has 0 bridgehead atoms. The zero-order valence-corrected chi connectivity index (χ0v) is 12.5. The van der Waals surface area contributed by atoms with Gasteiger partial charge < -0.3 is 14.4 Å². The SMILES string of the molecule is CC(C)(C)OC(=O)N1C[C@@H]1CCOCc1ccccc1. The molecule has 2 rings (SSSR count). The standard InChI is InChI=1S/C16H23NO3/c1-16(2,3)20-15(18)17-11-14(17)9-10-19-12-13-7-5-4-6-8-13/h4-8,14H,9-12H2,1-3H3/t14-,17?/m0/s1. The van der Waals surface area contributed by atoms with Crippen LogP contribution in [0.5, 0.6) is 0 Å². The Labute approximate surface area is 120 Å². The van der Waals surface area contributed by atoms with E-state index < -0.39 is 5.60 Å². The number of carbonyl (C=O) groups is 1. The maximum atomic E-state index is 11.7. The summed E-state index contributed by atoms with van der Waals surface area (Å²) in [7, 11) is 0. The average Bonchev–Trinajstić information content (AvgIpc) is 3.13. The fraction of sp³-hybridized carbons (Fsp3) is 0.562. The van der Waals surface area contributed by atoms with Gasteiger partial charge in [-0.3, -0.25) is 0 Å². The van der Waals surface area contributed by atoms with Gasteiger partial charge in [-0.2, -0.15) is 0 Å². The Kier molecular flexibility index (Phi) is 4.65. The van der Waals surface area contributed by atoms with Crippen molar-refractivity contribution in [1.29, 1.82) is 0 Å². The minimum absolute atomic E-state index is 0.217. The van der Waals surface area contributed by atoms with Crippen molar-refractivity contribution in [2.24, 2.45) is 0 Å². The maximum absolute atomic E-state index is 11.7. The van der Waals surface area contributed by atoms with Gasteiger partial charge in [-0.25, -0.2) is 4.79 Å². The molecule has 0 N–H and O–H groups in total. The summed E-state index contributed by atoms with van der Waals surface area (Å²) in [6.45, 7) is 7.72. The third-order valence-corrected chi connectivity index (χ3v) is 3.05. The highest BCUT2D eigenvalue weighted by molar-refractivity contribution is 5.71. The first kappa shape index (κ1) is 14.9. The molecular weight excluding hydrogens is 254 g/mol. The Morgan fingerprint density at radius 1 is 1.30 bits per heavy atom. The highest BCUT2D eigenvalue weighted by atomic mass is 16.6. The van der Waals surface area contributed by atoms with Crippen LogP contribution in [0.2, 0.25) is 0 Å². The van der Waals surface area contributed by atoms with Gasteiger partial charge in [0.15, 0.2) is 0 Å². The fourth-order valence-corrected chi connectivity index (χ4v) is 1.95. The van der Waals surface area contributed by atoms with Crippen molar-refractivity contribution in [3.63, 3.8) is 0 Å². The van der Waals surface area contributed by atoms with Gasteiger partial charge in [0.05, 0.1) is 12.6 Å². The summed E-state index contributed by atoms with van der Waals surface area (Å²) in [4.78, 5) is 13.5. The van der Waals surface area contributed by atoms with Gasteiger partial charge in [-0.1, -0.05) is 30.3 Å². The lowest BCUT2D eigenvalue weighted by Crippen LogP contribution is -2.28. The molecule has 1 atom stereocenters. The second-order valence-corrected chi connectivity index (χ2v) is 6.11. The molecule has 1 aromatic carbocycles. The lowest BCUT2D eigenvalue weighted by molar-refractivity contribution is 0.0396. The van der Waals surface area contributed by atoms with E-state index in [1.54, 1.807) is 4.90 Å². The van der Waals surface area contributed by atoms with Crippen LogP contribution >= 0.6 is 0 Å². The number of hydrogen-bond acceptors (Lipinski definition) is 3. The normalized spacial score (nSPS) is 17.9. The van der Waals surface area contributed by atoms with Crippen molar-refractivity contribution in [1.82, 2.24) is 4.90 Å². The Morgan fingerprint density at radius 2 is 2.00 bits per heavy atom. The summed E-state index contributed by atoms with van der Waals surface area (Å²) in [6.07, 6.45) is 0.650. The molecule has 0 aliphatic carbocycles. The summed E-state index contributed by atoms with van der Waals surface area (Å²) in [6, 6.07) is 10.4. The molecule has 4 heteroatoms. The molecule has 1 fully saturated rings. The second-order valence-electron chi connectivity index (χ2n) is 6.11. The topological polar surface area (TPSA) is 38.5 Å². The van der Waals surface area contributed by atoms with E-state index in [-0.39, 0.29) is 12.1 Å². The number of ether oxygens (including phenoxy) is 2. The summed E-state index contributed by atoms with van der Waals surface area (Å²) in [5.74, 6) is 0. The van der Waals surface area contributed by atoms with Gasteiger partial charge in [0.1, 0.15) is 5.60 Å². The molecule has 1 aromatic rings. The van der Waals surface area contributed by atoms with Gasteiger partial charge in [0.2, 0.25) is 0 Å². The first-order chi connectivity index (χ1) is 9.46. The van der Waals surface area contributed by atoms with Crippen molar-refractivity contribution >= 4 is 6.09 Å². The first-order valence-electron chi connectivity index (χ1n) is 7.07. The smallest absolute Gasteiger partial charge is 0.410 e. The summed E-state index contributed by atoms with van der Waals surface area (Å²) in [5.41, 5.74) is 0.751. The van der Waals surface area contributed by atoms with Crippen molar-refractivity contribution < 1.29 is 14.3 Å². The van der Waals surface area contributed by atoms with Crippen molar-refractivity contribution in [3.8, 4) is 0 Å². The Hall–Kier alpha value is -1.55. The van der Waals surface area contributed by atoms with E-state index in [1.165, 1.54) is 5.56 Å². The lowest BCUT2D eigenvalue weighted by Gasteiger charge is -2.19. The van der Waals surface area contributed by atoms with Crippen molar-refractivity contribution in [2.75, 3.05) is 13.2 Å². The largest absolute Gasteiger partial charge is 0.444 e. The van der Waals surface area contributed by atoms with Crippen molar-refractivity contribution in [3.05, 3.63) is 35.9 Å². The molecule has 1 aliphatic heterocycles. The van der Waals surface area contributed by atoms with Gasteiger partial charge in [-0.15, -0.1) is 0 Å². The summed E-state index contributed by atoms with van der Waals surface area (Å²) in [5, 5.41) is 0. The van der Waals surface area contributed by atoms with E-state index in [0.29, 0.717) is 13.2 Å². The van der Waals surface area contributed by atoms with Crippen LogP contribution in [0.4, 0.5) is 4.79 Å². The molecule has 1 heterocycles. The number of rotatable bonds is 5. The van der Waals surface area contributed by atoms with Gasteiger partial charge in [-0.05, 0) is 32.8 Å². The molecule has 4 nitrogen and oxygen atoms in total. The Bertz CT molecular complexity index is 439. The van der Waals surface area contributed by atoms with Crippen LogP contribution in [0.25, 0.3) is 0 Å². The van der Waals surface area contributed by atoms with E-state index in [4.69, 9.17) is 9.47 Å². The summed E-state index contributed by atoms with van der Waals surface area (Å²) < 4.78 is 10.9. The van der Waals surface area contributed by atoms with Crippen LogP contribution in [-0.4, -0.2) is 35.8 Å². The van der Waals surface area contributed by atoms with Gasteiger partial charge in [0, 0.05) is 13.2 Å². The quantitative estimate of drug-likeness (QED) is 0.612. The van der Waals surface area contributed by atoms with Crippen LogP contribution in [0, 0.1) is 0 Å². The molecule has 110 valence electrons. The second kappa shape index (κ2) is 6.27. The van der Waals surface area contributed by atoms with E-state index >= 15 is 0 Å².